The summed E-state index contributed by atoms with van der Waals surface area (Å²) in [6.45, 7) is 4.00. The third-order valence-electron chi connectivity index (χ3n) is 10.6. The summed E-state index contributed by atoms with van der Waals surface area (Å²) in [4.78, 5) is 11.0. The predicted octanol–water partition coefficient (Wildman–Crippen LogP) is 10.5. The summed E-state index contributed by atoms with van der Waals surface area (Å²) in [5.74, 6) is 1.61. The Bertz CT molecular complexity index is 1920. The van der Waals surface area contributed by atoms with Crippen molar-refractivity contribution in [3.63, 3.8) is 0 Å². The lowest BCUT2D eigenvalue weighted by molar-refractivity contribution is 0.323. The van der Waals surface area contributed by atoms with Crippen LogP contribution in [0.5, 0.6) is 0 Å². The van der Waals surface area contributed by atoms with Gasteiger partial charge in [-0.2, -0.15) is 0 Å². The second kappa shape index (κ2) is 10.6. The monoisotopic (exact) mass is 570 g/mol. The van der Waals surface area contributed by atoms with Crippen LogP contribution in [0, 0.1) is 5.92 Å². The van der Waals surface area contributed by atoms with Crippen LogP contribution in [0.3, 0.4) is 0 Å². The second-order valence-electron chi connectivity index (χ2n) is 12.5. The highest BCUT2D eigenvalue weighted by Crippen LogP contribution is 2.69. The van der Waals surface area contributed by atoms with E-state index >= 15 is 0 Å². The van der Waals surface area contributed by atoms with Gasteiger partial charge < -0.3 is 0 Å². The van der Waals surface area contributed by atoms with E-state index in [0.717, 1.165) is 34.4 Å². The SMILES string of the molecule is CC.c1ccc(-c2ccc(-c3nc(C45CC(C6CCCC6)(c6ccccc64)c4ccccc45)nc4ccccc34)cc2)cc1. The molecule has 2 nitrogen and oxygen atoms in total. The number of para-hydroxylation sites is 1. The number of hydrogen-bond acceptors (Lipinski definition) is 2. The van der Waals surface area contributed by atoms with Crippen LogP contribution >= 0.6 is 0 Å². The van der Waals surface area contributed by atoms with Crippen LogP contribution < -0.4 is 0 Å². The van der Waals surface area contributed by atoms with Gasteiger partial charge in [-0.1, -0.05) is 148 Å². The Balaban J connectivity index is 0.00000142. The summed E-state index contributed by atoms with van der Waals surface area (Å²) < 4.78 is 0. The molecular weight excluding hydrogens is 532 g/mol. The van der Waals surface area contributed by atoms with Crippen LogP contribution in [0.4, 0.5) is 0 Å². The summed E-state index contributed by atoms with van der Waals surface area (Å²) in [5.41, 5.74) is 11.1. The number of fused-ring (bicyclic) bond motifs is 9. The number of rotatable bonds is 4. The van der Waals surface area contributed by atoms with Crippen molar-refractivity contribution in [2.75, 3.05) is 0 Å². The van der Waals surface area contributed by atoms with E-state index in [1.807, 2.05) is 13.8 Å². The number of nitrogens with zero attached hydrogens (tertiary/aromatic N) is 2. The maximum Gasteiger partial charge on any atom is 0.144 e. The van der Waals surface area contributed by atoms with Crippen LogP contribution in [0.25, 0.3) is 33.3 Å². The molecule has 3 aliphatic rings. The molecule has 0 saturated heterocycles. The zero-order chi connectivity index (χ0) is 29.7. The van der Waals surface area contributed by atoms with Crippen LogP contribution in [0.2, 0.25) is 0 Å². The van der Waals surface area contributed by atoms with Gasteiger partial charge in [-0.05, 0) is 64.6 Å². The Kier molecular flexibility index (Phi) is 6.48. The van der Waals surface area contributed by atoms with Gasteiger partial charge in [-0.25, -0.2) is 9.97 Å². The third kappa shape index (κ3) is 3.73. The van der Waals surface area contributed by atoms with Gasteiger partial charge in [0.2, 0.25) is 0 Å². The fourth-order valence-electron chi connectivity index (χ4n) is 8.84. The molecule has 5 aromatic carbocycles. The summed E-state index contributed by atoms with van der Waals surface area (Å²) >= 11 is 0. The van der Waals surface area contributed by atoms with Gasteiger partial charge in [-0.15, -0.1) is 0 Å². The minimum atomic E-state index is -0.349. The van der Waals surface area contributed by atoms with Crippen molar-refractivity contribution in [1.29, 1.82) is 0 Å². The van der Waals surface area contributed by atoms with E-state index in [4.69, 9.17) is 9.97 Å². The van der Waals surface area contributed by atoms with Gasteiger partial charge in [0.05, 0.1) is 16.6 Å². The number of aromatic nitrogens is 2. The lowest BCUT2D eigenvalue weighted by atomic mass is 9.66. The fourth-order valence-corrected chi connectivity index (χ4v) is 8.84. The Morgan fingerprint density at radius 3 is 1.70 bits per heavy atom. The van der Waals surface area contributed by atoms with Gasteiger partial charge in [0, 0.05) is 16.4 Å². The summed E-state index contributed by atoms with van der Waals surface area (Å²) in [7, 11) is 0. The molecule has 216 valence electrons. The molecule has 2 heteroatoms. The maximum atomic E-state index is 5.57. The highest BCUT2D eigenvalue weighted by Gasteiger charge is 2.65. The molecule has 44 heavy (non-hydrogen) atoms. The first-order valence-electron chi connectivity index (χ1n) is 16.4. The smallest absolute Gasteiger partial charge is 0.144 e. The van der Waals surface area contributed by atoms with Crippen molar-refractivity contribution in [2.45, 2.75) is 56.8 Å². The average molecular weight is 571 g/mol. The van der Waals surface area contributed by atoms with E-state index in [9.17, 15) is 0 Å². The van der Waals surface area contributed by atoms with Gasteiger partial charge in [0.15, 0.2) is 0 Å². The van der Waals surface area contributed by atoms with E-state index in [-0.39, 0.29) is 10.8 Å². The van der Waals surface area contributed by atoms with Crippen LogP contribution in [0.15, 0.2) is 127 Å². The predicted molar refractivity (Wildman–Crippen MR) is 182 cm³/mol. The molecule has 0 unspecified atom stereocenters. The minimum Gasteiger partial charge on any atom is -0.232 e. The van der Waals surface area contributed by atoms with E-state index in [0.29, 0.717) is 5.92 Å². The van der Waals surface area contributed by atoms with E-state index in [1.165, 1.54) is 59.1 Å². The minimum absolute atomic E-state index is 0.0379. The standard InChI is InChI=1S/C40H32N2.C2H6/c1-2-12-27(13-3-1)28-22-24-29(25-23-28)37-31-16-6-11-21-36(31)41-38(42-37)40-26-39(30-14-4-5-15-30,32-17-7-9-19-34(32)40)33-18-8-10-20-35(33)40;1-2/h1-3,6-13,16-25,30H,4-5,14-15,26H2;1-2H3. The molecule has 0 aliphatic heterocycles. The van der Waals surface area contributed by atoms with Crippen molar-refractivity contribution in [3.05, 3.63) is 155 Å². The second-order valence-corrected chi connectivity index (χ2v) is 12.5. The normalized spacial score (nSPS) is 21.5. The first-order valence-corrected chi connectivity index (χ1v) is 16.4. The zero-order valence-electron chi connectivity index (χ0n) is 25.6. The van der Waals surface area contributed by atoms with Gasteiger partial charge >= 0.3 is 0 Å². The largest absolute Gasteiger partial charge is 0.232 e. The molecule has 1 saturated carbocycles. The first-order chi connectivity index (χ1) is 21.8. The van der Waals surface area contributed by atoms with Gasteiger partial charge in [-0.3, -0.25) is 0 Å². The number of benzene rings is 5. The highest BCUT2D eigenvalue weighted by atomic mass is 14.9. The van der Waals surface area contributed by atoms with Crippen molar-refractivity contribution < 1.29 is 0 Å². The van der Waals surface area contributed by atoms with E-state index < -0.39 is 0 Å². The summed E-state index contributed by atoms with van der Waals surface area (Å²) in [6.07, 6.45) is 6.31. The number of hydrogen-bond donors (Lipinski definition) is 0. The Hall–Kier alpha value is -4.56. The summed E-state index contributed by atoms with van der Waals surface area (Å²) in [6, 6.07) is 46.5. The molecule has 1 heterocycles. The topological polar surface area (TPSA) is 25.8 Å². The van der Waals surface area contributed by atoms with E-state index in [1.54, 1.807) is 0 Å². The summed E-state index contributed by atoms with van der Waals surface area (Å²) in [5, 5.41) is 1.10. The lowest BCUT2D eigenvalue weighted by Crippen LogP contribution is -2.32. The van der Waals surface area contributed by atoms with Gasteiger partial charge in [0.1, 0.15) is 5.82 Å². The molecule has 6 aromatic rings. The molecule has 0 atom stereocenters. The fraction of sp³-hybridized carbons (Fsp3) is 0.238. The Labute approximate surface area is 260 Å². The quantitative estimate of drug-likeness (QED) is 0.211. The van der Waals surface area contributed by atoms with Crippen molar-refractivity contribution in [3.8, 4) is 22.4 Å². The van der Waals surface area contributed by atoms with Crippen molar-refractivity contribution >= 4 is 10.9 Å². The maximum absolute atomic E-state index is 5.57. The molecular formula is C42H38N2. The molecule has 0 radical (unpaired) electrons. The molecule has 0 amide bonds. The molecule has 1 aromatic heterocycles. The van der Waals surface area contributed by atoms with Crippen molar-refractivity contribution in [1.82, 2.24) is 9.97 Å². The Morgan fingerprint density at radius 2 is 1.05 bits per heavy atom. The van der Waals surface area contributed by atoms with Crippen LogP contribution in [-0.4, -0.2) is 9.97 Å². The lowest BCUT2D eigenvalue weighted by Gasteiger charge is -2.37. The van der Waals surface area contributed by atoms with Crippen LogP contribution in [0.1, 0.15) is 74.0 Å². The van der Waals surface area contributed by atoms with Crippen molar-refractivity contribution in [2.24, 2.45) is 5.92 Å². The van der Waals surface area contributed by atoms with Crippen LogP contribution in [-0.2, 0) is 10.8 Å². The molecule has 9 rings (SSSR count). The molecule has 0 spiro atoms. The van der Waals surface area contributed by atoms with E-state index in [2.05, 4.69) is 127 Å². The average Bonchev–Trinajstić information content (AvgIpc) is 3.83. The first kappa shape index (κ1) is 27.0. The Morgan fingerprint density at radius 1 is 0.523 bits per heavy atom. The third-order valence-corrected chi connectivity index (χ3v) is 10.6. The molecule has 3 aliphatic carbocycles. The molecule has 1 fully saturated rings. The zero-order valence-corrected chi connectivity index (χ0v) is 25.6. The highest BCUT2D eigenvalue weighted by molar-refractivity contribution is 5.93. The molecule has 2 bridgehead atoms. The van der Waals surface area contributed by atoms with Gasteiger partial charge in [0.25, 0.3) is 0 Å². The molecule has 0 N–H and O–H groups in total.